The van der Waals surface area contributed by atoms with E-state index in [0.29, 0.717) is 17.4 Å². The summed E-state index contributed by atoms with van der Waals surface area (Å²) in [5, 5.41) is 3.72. The standard InChI is InChI=1S/C24H24N2O3/c1-18(2)19-10-12-21(13-11-19)29-17-23(27)25-14-3-4-16-28-22-9-5-7-20-8-6-15-26-24(20)22/h5-13,15,18H,14,16-17H2,1-2H3,(H,25,27). The summed E-state index contributed by atoms with van der Waals surface area (Å²) in [5.41, 5.74) is 2.04. The van der Waals surface area contributed by atoms with Gasteiger partial charge in [0.25, 0.3) is 5.91 Å². The highest BCUT2D eigenvalue weighted by molar-refractivity contribution is 5.84. The molecule has 1 N–H and O–H groups in total. The van der Waals surface area contributed by atoms with Gasteiger partial charge in [0.15, 0.2) is 6.61 Å². The van der Waals surface area contributed by atoms with Gasteiger partial charge in [0.1, 0.15) is 23.6 Å². The molecule has 3 rings (SSSR count). The zero-order valence-corrected chi connectivity index (χ0v) is 16.6. The van der Waals surface area contributed by atoms with E-state index in [1.165, 1.54) is 5.56 Å². The highest BCUT2D eigenvalue weighted by Gasteiger charge is 2.03. The second-order valence-electron chi connectivity index (χ2n) is 6.76. The summed E-state index contributed by atoms with van der Waals surface area (Å²) in [7, 11) is 0. The predicted molar refractivity (Wildman–Crippen MR) is 114 cm³/mol. The molecule has 5 heteroatoms. The third-order valence-corrected chi connectivity index (χ3v) is 4.31. The lowest BCUT2D eigenvalue weighted by Crippen LogP contribution is -2.29. The molecule has 0 bridgehead atoms. The van der Waals surface area contributed by atoms with Crippen LogP contribution < -0.4 is 14.8 Å². The Morgan fingerprint density at radius 1 is 1.03 bits per heavy atom. The van der Waals surface area contributed by atoms with Gasteiger partial charge in [-0.25, -0.2) is 0 Å². The van der Waals surface area contributed by atoms with Crippen LogP contribution in [0.1, 0.15) is 25.3 Å². The molecule has 0 aliphatic rings. The van der Waals surface area contributed by atoms with Gasteiger partial charge in [-0.1, -0.05) is 56.0 Å². The van der Waals surface area contributed by atoms with Crippen molar-refractivity contribution in [2.75, 3.05) is 19.8 Å². The van der Waals surface area contributed by atoms with Crippen LogP contribution in [0.4, 0.5) is 0 Å². The van der Waals surface area contributed by atoms with Crippen LogP contribution in [0.25, 0.3) is 10.9 Å². The van der Waals surface area contributed by atoms with E-state index in [9.17, 15) is 4.79 Å². The van der Waals surface area contributed by atoms with Gasteiger partial charge in [-0.2, -0.15) is 0 Å². The number of fused-ring (bicyclic) bond motifs is 1. The van der Waals surface area contributed by atoms with Gasteiger partial charge in [-0.15, -0.1) is 0 Å². The lowest BCUT2D eigenvalue weighted by molar-refractivity contribution is -0.122. The number of nitrogens with one attached hydrogen (secondary N) is 1. The van der Waals surface area contributed by atoms with Crippen LogP contribution in [0.2, 0.25) is 0 Å². The van der Waals surface area contributed by atoms with E-state index in [2.05, 4.69) is 36.0 Å². The van der Waals surface area contributed by atoms with Crippen LogP contribution >= 0.6 is 0 Å². The highest BCUT2D eigenvalue weighted by atomic mass is 16.5. The van der Waals surface area contributed by atoms with E-state index < -0.39 is 0 Å². The summed E-state index contributed by atoms with van der Waals surface area (Å²) in [5.74, 6) is 7.37. The van der Waals surface area contributed by atoms with Crippen molar-refractivity contribution in [3.8, 4) is 23.3 Å². The van der Waals surface area contributed by atoms with Gasteiger partial charge in [-0.05, 0) is 35.7 Å². The number of pyridine rings is 1. The quantitative estimate of drug-likeness (QED) is 0.623. The summed E-state index contributed by atoms with van der Waals surface area (Å²) in [6, 6.07) is 17.4. The molecule has 0 aliphatic heterocycles. The second-order valence-corrected chi connectivity index (χ2v) is 6.76. The SMILES string of the molecule is CC(C)c1ccc(OCC(=O)NCC#CCOc2cccc3cccnc23)cc1. The van der Waals surface area contributed by atoms with Crippen LogP contribution in [-0.4, -0.2) is 30.6 Å². The third kappa shape index (κ3) is 5.98. The molecule has 1 aromatic heterocycles. The van der Waals surface area contributed by atoms with E-state index >= 15 is 0 Å². The van der Waals surface area contributed by atoms with Gasteiger partial charge in [0.2, 0.25) is 0 Å². The number of rotatable bonds is 7. The molecule has 5 nitrogen and oxygen atoms in total. The number of amides is 1. The first-order valence-electron chi connectivity index (χ1n) is 9.55. The molecule has 0 aliphatic carbocycles. The third-order valence-electron chi connectivity index (χ3n) is 4.31. The maximum Gasteiger partial charge on any atom is 0.258 e. The molecular formula is C24H24N2O3. The minimum Gasteiger partial charge on any atom is -0.484 e. The van der Waals surface area contributed by atoms with Gasteiger partial charge in [0, 0.05) is 11.6 Å². The maximum absolute atomic E-state index is 11.8. The van der Waals surface area contributed by atoms with Crippen molar-refractivity contribution >= 4 is 16.8 Å². The number of aromatic nitrogens is 1. The van der Waals surface area contributed by atoms with E-state index in [-0.39, 0.29) is 25.7 Å². The lowest BCUT2D eigenvalue weighted by Gasteiger charge is -2.08. The first-order valence-corrected chi connectivity index (χ1v) is 9.55. The summed E-state index contributed by atoms with van der Waals surface area (Å²) in [6.45, 7) is 4.69. The number of nitrogens with zero attached hydrogens (tertiary/aromatic N) is 1. The normalized spacial score (nSPS) is 10.3. The van der Waals surface area contributed by atoms with Gasteiger partial charge < -0.3 is 14.8 Å². The zero-order valence-electron chi connectivity index (χ0n) is 16.6. The Labute approximate surface area is 171 Å². The summed E-state index contributed by atoms with van der Waals surface area (Å²) in [6.07, 6.45) is 1.73. The molecule has 148 valence electrons. The largest absolute Gasteiger partial charge is 0.484 e. The molecule has 0 saturated carbocycles. The fourth-order valence-corrected chi connectivity index (χ4v) is 2.71. The van der Waals surface area contributed by atoms with Crippen LogP contribution in [-0.2, 0) is 4.79 Å². The van der Waals surface area contributed by atoms with Gasteiger partial charge >= 0.3 is 0 Å². The van der Waals surface area contributed by atoms with Crippen molar-refractivity contribution < 1.29 is 14.3 Å². The Hall–Kier alpha value is -3.52. The van der Waals surface area contributed by atoms with Crippen molar-refractivity contribution in [1.29, 1.82) is 0 Å². The molecule has 0 radical (unpaired) electrons. The minimum atomic E-state index is -0.216. The average Bonchev–Trinajstić information content (AvgIpc) is 2.75. The van der Waals surface area contributed by atoms with Gasteiger partial charge in [-0.3, -0.25) is 9.78 Å². The van der Waals surface area contributed by atoms with E-state index in [1.54, 1.807) is 6.20 Å². The maximum atomic E-state index is 11.8. The van der Waals surface area contributed by atoms with Crippen LogP contribution in [0.5, 0.6) is 11.5 Å². The van der Waals surface area contributed by atoms with Crippen molar-refractivity contribution in [3.05, 3.63) is 66.4 Å². The number of benzene rings is 2. The van der Waals surface area contributed by atoms with Crippen LogP contribution in [0.3, 0.4) is 0 Å². The fourth-order valence-electron chi connectivity index (χ4n) is 2.71. The lowest BCUT2D eigenvalue weighted by atomic mass is 10.0. The minimum absolute atomic E-state index is 0.0408. The molecule has 1 amide bonds. The summed E-state index contributed by atoms with van der Waals surface area (Å²) < 4.78 is 11.2. The van der Waals surface area contributed by atoms with Crippen LogP contribution in [0, 0.1) is 11.8 Å². The fraction of sp³-hybridized carbons (Fsp3) is 0.250. The monoisotopic (exact) mass is 388 g/mol. The van der Waals surface area contributed by atoms with Crippen molar-refractivity contribution in [1.82, 2.24) is 10.3 Å². The Morgan fingerprint density at radius 2 is 1.83 bits per heavy atom. The predicted octanol–water partition coefficient (Wildman–Crippen LogP) is 3.94. The zero-order chi connectivity index (χ0) is 20.5. The Bertz CT molecular complexity index is 1010. The molecule has 0 unspecified atom stereocenters. The molecular weight excluding hydrogens is 364 g/mol. The average molecular weight is 388 g/mol. The Morgan fingerprint density at radius 3 is 2.62 bits per heavy atom. The van der Waals surface area contributed by atoms with E-state index in [4.69, 9.17) is 9.47 Å². The molecule has 0 saturated heterocycles. The number of carbonyl (C=O) groups excluding carboxylic acids is 1. The first kappa shape index (κ1) is 20.2. The Balaban J connectivity index is 1.38. The second kappa shape index (κ2) is 10.1. The molecule has 2 aromatic carbocycles. The molecule has 3 aromatic rings. The number of carbonyl (C=O) groups is 1. The molecule has 0 spiro atoms. The first-order chi connectivity index (χ1) is 14.1. The Kier molecular flexibility index (Phi) is 7.07. The van der Waals surface area contributed by atoms with Crippen molar-refractivity contribution in [3.63, 3.8) is 0 Å². The number of hydrogen-bond donors (Lipinski definition) is 1. The van der Waals surface area contributed by atoms with Crippen LogP contribution in [0.15, 0.2) is 60.8 Å². The highest BCUT2D eigenvalue weighted by Crippen LogP contribution is 2.22. The molecule has 29 heavy (non-hydrogen) atoms. The van der Waals surface area contributed by atoms with E-state index in [0.717, 1.165) is 10.9 Å². The number of ether oxygens (including phenoxy) is 2. The molecule has 1 heterocycles. The topological polar surface area (TPSA) is 60.5 Å². The van der Waals surface area contributed by atoms with E-state index in [1.807, 2.05) is 54.6 Å². The number of para-hydroxylation sites is 1. The van der Waals surface area contributed by atoms with Crippen molar-refractivity contribution in [2.45, 2.75) is 19.8 Å². The van der Waals surface area contributed by atoms with Crippen molar-refractivity contribution in [2.24, 2.45) is 0 Å². The number of hydrogen-bond acceptors (Lipinski definition) is 4. The molecule has 0 atom stereocenters. The molecule has 0 fully saturated rings. The summed E-state index contributed by atoms with van der Waals surface area (Å²) in [4.78, 5) is 16.2. The summed E-state index contributed by atoms with van der Waals surface area (Å²) >= 11 is 0. The smallest absolute Gasteiger partial charge is 0.258 e. The van der Waals surface area contributed by atoms with Gasteiger partial charge in [0.05, 0.1) is 6.54 Å².